The number of nitrogens with two attached hydrogens (primary N) is 1. The lowest BCUT2D eigenvalue weighted by Gasteiger charge is -2.30. The minimum Gasteiger partial charge on any atom is -0.398 e. The topological polar surface area (TPSA) is 26.0 Å². The van der Waals surface area contributed by atoms with Gasteiger partial charge < -0.3 is 5.73 Å². The second kappa shape index (κ2) is 14.7. The SMILES string of the molecule is C=C.CCc1cccc2c1-c1ccccc1C21c2ccccc2-c2ccccc21.N/C(=C\Cc1cccc(-c2ccccc2)c1)c1ccccc1. The number of hydrogen-bond donors (Lipinski definition) is 1. The van der Waals surface area contributed by atoms with Crippen LogP contribution < -0.4 is 5.73 Å². The monoisotopic (exact) mass is 657 g/mol. The maximum atomic E-state index is 6.15. The third-order valence-electron chi connectivity index (χ3n) is 10.2. The summed E-state index contributed by atoms with van der Waals surface area (Å²) in [7, 11) is 0. The zero-order chi connectivity index (χ0) is 35.2. The van der Waals surface area contributed by atoms with Gasteiger partial charge >= 0.3 is 0 Å². The van der Waals surface area contributed by atoms with Gasteiger partial charge in [-0.15, -0.1) is 13.2 Å². The Kier molecular flexibility index (Phi) is 9.63. The van der Waals surface area contributed by atoms with Gasteiger partial charge in [-0.1, -0.05) is 189 Å². The van der Waals surface area contributed by atoms with Crippen LogP contribution in [0, 0.1) is 0 Å². The minimum atomic E-state index is -0.190. The van der Waals surface area contributed by atoms with Gasteiger partial charge in [0.2, 0.25) is 0 Å². The number of fused-ring (bicyclic) bond motifs is 10. The van der Waals surface area contributed by atoms with Crippen LogP contribution in [0.15, 0.2) is 195 Å². The molecule has 51 heavy (non-hydrogen) atoms. The van der Waals surface area contributed by atoms with Gasteiger partial charge in [-0.05, 0) is 85.2 Å². The maximum Gasteiger partial charge on any atom is 0.0725 e. The highest BCUT2D eigenvalue weighted by atomic mass is 14.6. The molecule has 1 nitrogen and oxygen atoms in total. The van der Waals surface area contributed by atoms with Crippen molar-refractivity contribution in [3.05, 3.63) is 234 Å². The van der Waals surface area contributed by atoms with Crippen LogP contribution in [-0.2, 0) is 18.3 Å². The lowest BCUT2D eigenvalue weighted by Crippen LogP contribution is -2.25. The second-order valence-corrected chi connectivity index (χ2v) is 12.9. The summed E-state index contributed by atoms with van der Waals surface area (Å²) < 4.78 is 0. The molecule has 0 fully saturated rings. The predicted octanol–water partition coefficient (Wildman–Crippen LogP) is 12.3. The molecule has 0 aromatic heterocycles. The molecule has 0 amide bonds. The molecule has 1 spiro atoms. The van der Waals surface area contributed by atoms with E-state index in [0.29, 0.717) is 0 Å². The van der Waals surface area contributed by atoms with Gasteiger partial charge in [-0.2, -0.15) is 0 Å². The summed E-state index contributed by atoms with van der Waals surface area (Å²) in [6.45, 7) is 8.26. The number of rotatable bonds is 5. The van der Waals surface area contributed by atoms with Crippen LogP contribution in [0.25, 0.3) is 39.1 Å². The van der Waals surface area contributed by atoms with Crippen molar-refractivity contribution < 1.29 is 0 Å². The van der Waals surface area contributed by atoms with Gasteiger partial charge in [0.15, 0.2) is 0 Å². The van der Waals surface area contributed by atoms with Gasteiger partial charge in [-0.25, -0.2) is 0 Å². The standard InChI is InChI=1S/C27H20.C21H19N.C2H4/c1-2-18-10-9-17-25-26(18)21-13-5-8-16-24(21)27(25)22-14-6-3-11-19(22)20-12-4-7-15-23(20)27;22-21(19-11-5-2-6-12-19)15-14-17-8-7-13-20(16-17)18-9-3-1-4-10-18;1-2/h3-17H,2H2,1H3;1-13,15-16H,14,22H2;1-2H2/b;21-15-;. The van der Waals surface area contributed by atoms with Crippen molar-refractivity contribution in [1.82, 2.24) is 0 Å². The van der Waals surface area contributed by atoms with Crippen molar-refractivity contribution in [3.63, 3.8) is 0 Å². The fourth-order valence-electron chi connectivity index (χ4n) is 8.00. The van der Waals surface area contributed by atoms with E-state index in [4.69, 9.17) is 5.73 Å². The summed E-state index contributed by atoms with van der Waals surface area (Å²) in [4.78, 5) is 0. The Balaban J connectivity index is 0.000000155. The van der Waals surface area contributed by atoms with Crippen molar-refractivity contribution in [3.8, 4) is 33.4 Å². The van der Waals surface area contributed by atoms with Gasteiger partial charge in [-0.3, -0.25) is 0 Å². The van der Waals surface area contributed by atoms with E-state index in [9.17, 15) is 0 Å². The highest BCUT2D eigenvalue weighted by molar-refractivity contribution is 5.95. The van der Waals surface area contributed by atoms with Gasteiger partial charge in [0.1, 0.15) is 0 Å². The molecule has 0 aliphatic heterocycles. The minimum absolute atomic E-state index is 0.190. The van der Waals surface area contributed by atoms with Crippen LogP contribution >= 0.6 is 0 Å². The molecule has 2 N–H and O–H groups in total. The van der Waals surface area contributed by atoms with E-state index in [1.165, 1.54) is 66.8 Å². The summed E-state index contributed by atoms with van der Waals surface area (Å²) in [5, 5.41) is 0. The number of hydrogen-bond acceptors (Lipinski definition) is 1. The number of benzene rings is 7. The first-order valence-corrected chi connectivity index (χ1v) is 17.8. The van der Waals surface area contributed by atoms with E-state index in [-0.39, 0.29) is 5.41 Å². The Morgan fingerprint density at radius 2 is 1.02 bits per heavy atom. The van der Waals surface area contributed by atoms with E-state index in [0.717, 1.165) is 24.1 Å². The molecule has 7 aromatic rings. The molecule has 9 rings (SSSR count). The zero-order valence-corrected chi connectivity index (χ0v) is 29.2. The molecule has 0 radical (unpaired) electrons. The van der Waals surface area contributed by atoms with Crippen LogP contribution in [0.3, 0.4) is 0 Å². The number of allylic oxidation sites excluding steroid dienone is 1. The van der Waals surface area contributed by atoms with Crippen molar-refractivity contribution in [2.45, 2.75) is 25.2 Å². The van der Waals surface area contributed by atoms with Crippen LogP contribution in [0.5, 0.6) is 0 Å². The summed E-state index contributed by atoms with van der Waals surface area (Å²) in [6, 6.07) is 63.0. The number of aryl methyl sites for hydroxylation is 1. The maximum absolute atomic E-state index is 6.15. The lowest BCUT2D eigenvalue weighted by molar-refractivity contribution is 0.793. The Hall–Kier alpha value is -6.18. The van der Waals surface area contributed by atoms with Crippen LogP contribution in [0.2, 0.25) is 0 Å². The molecule has 0 saturated carbocycles. The average molecular weight is 658 g/mol. The molecule has 0 heterocycles. The highest BCUT2D eigenvalue weighted by Crippen LogP contribution is 2.63. The molecule has 0 unspecified atom stereocenters. The molecular weight excluding hydrogens is 615 g/mol. The molecule has 2 aliphatic rings. The molecule has 0 saturated heterocycles. The third kappa shape index (κ3) is 5.92. The smallest absolute Gasteiger partial charge is 0.0725 e. The normalized spacial score (nSPS) is 12.7. The van der Waals surface area contributed by atoms with Crippen molar-refractivity contribution in [2.75, 3.05) is 0 Å². The molecule has 0 atom stereocenters. The van der Waals surface area contributed by atoms with Gasteiger partial charge in [0.05, 0.1) is 5.41 Å². The zero-order valence-electron chi connectivity index (χ0n) is 29.2. The van der Waals surface area contributed by atoms with Crippen molar-refractivity contribution in [1.29, 1.82) is 0 Å². The van der Waals surface area contributed by atoms with E-state index in [2.05, 4.69) is 166 Å². The molecule has 248 valence electrons. The highest BCUT2D eigenvalue weighted by Gasteiger charge is 2.51. The Morgan fingerprint density at radius 1 is 0.529 bits per heavy atom. The van der Waals surface area contributed by atoms with Crippen LogP contribution in [0.1, 0.15) is 45.9 Å². The van der Waals surface area contributed by atoms with E-state index in [1.54, 1.807) is 0 Å². The van der Waals surface area contributed by atoms with Gasteiger partial charge in [0, 0.05) is 5.70 Å². The molecule has 0 bridgehead atoms. The third-order valence-corrected chi connectivity index (χ3v) is 10.2. The van der Waals surface area contributed by atoms with Crippen LogP contribution in [0.4, 0.5) is 0 Å². The molecule has 2 aliphatic carbocycles. The fraction of sp³-hybridized carbons (Fsp3) is 0.0800. The lowest BCUT2D eigenvalue weighted by atomic mass is 9.70. The van der Waals surface area contributed by atoms with E-state index in [1.807, 2.05) is 36.4 Å². The first-order chi connectivity index (χ1) is 25.2. The second-order valence-electron chi connectivity index (χ2n) is 12.9. The van der Waals surface area contributed by atoms with Crippen LogP contribution in [-0.4, -0.2) is 0 Å². The van der Waals surface area contributed by atoms with E-state index >= 15 is 0 Å². The summed E-state index contributed by atoms with van der Waals surface area (Å²) in [5.74, 6) is 0. The summed E-state index contributed by atoms with van der Waals surface area (Å²) in [6.07, 6.45) is 3.97. The van der Waals surface area contributed by atoms with Crippen molar-refractivity contribution in [2.24, 2.45) is 5.73 Å². The molecule has 1 heteroatoms. The molecule has 7 aromatic carbocycles. The Morgan fingerprint density at radius 3 is 1.65 bits per heavy atom. The average Bonchev–Trinajstić information content (AvgIpc) is 3.69. The Labute approximate surface area is 303 Å². The first-order valence-electron chi connectivity index (χ1n) is 17.8. The largest absolute Gasteiger partial charge is 0.398 e. The summed E-state index contributed by atoms with van der Waals surface area (Å²) in [5.41, 5.74) is 24.4. The van der Waals surface area contributed by atoms with Crippen molar-refractivity contribution >= 4 is 5.70 Å². The summed E-state index contributed by atoms with van der Waals surface area (Å²) >= 11 is 0. The predicted molar refractivity (Wildman–Crippen MR) is 218 cm³/mol. The quantitative estimate of drug-likeness (QED) is 0.183. The Bertz CT molecular complexity index is 2270. The van der Waals surface area contributed by atoms with Gasteiger partial charge in [0.25, 0.3) is 0 Å². The molecular formula is C50H43N. The first kappa shape index (κ1) is 33.3. The van der Waals surface area contributed by atoms with E-state index < -0.39 is 0 Å². The fourth-order valence-corrected chi connectivity index (χ4v) is 8.00.